The zero-order chi connectivity index (χ0) is 11.7. The summed E-state index contributed by atoms with van der Waals surface area (Å²) in [4.78, 5) is 14.0. The van der Waals surface area contributed by atoms with Crippen LogP contribution in [0.2, 0.25) is 0 Å². The van der Waals surface area contributed by atoms with Crippen LogP contribution < -0.4 is 5.32 Å². The van der Waals surface area contributed by atoms with Gasteiger partial charge >= 0.3 is 0 Å². The molecule has 0 bridgehead atoms. The molecule has 2 aliphatic heterocycles. The molecule has 1 N–H and O–H groups in total. The van der Waals surface area contributed by atoms with E-state index in [4.69, 9.17) is 0 Å². The number of amides is 1. The van der Waals surface area contributed by atoms with E-state index >= 15 is 0 Å². The first-order chi connectivity index (χ1) is 8.34. The van der Waals surface area contributed by atoms with Gasteiger partial charge in [0, 0.05) is 31.1 Å². The van der Waals surface area contributed by atoms with Gasteiger partial charge in [-0.2, -0.15) is 0 Å². The molecule has 1 aliphatic carbocycles. The van der Waals surface area contributed by atoms with Gasteiger partial charge in [0.1, 0.15) is 0 Å². The fraction of sp³-hybridized carbons (Fsp3) is 0.929. The molecule has 3 nitrogen and oxygen atoms in total. The standard InChI is InChI=1S/C14H24N2O/c17-14-10-12(13-8-5-9-16(13)14)15-11-6-3-1-2-4-7-11/h11-13,15H,1-10H2. The molecule has 2 heterocycles. The number of fused-ring (bicyclic) bond motifs is 1. The van der Waals surface area contributed by atoms with Crippen LogP contribution >= 0.6 is 0 Å². The average molecular weight is 236 g/mol. The molecule has 3 fully saturated rings. The van der Waals surface area contributed by atoms with Crippen molar-refractivity contribution in [3.05, 3.63) is 0 Å². The largest absolute Gasteiger partial charge is 0.338 e. The molecule has 96 valence electrons. The van der Waals surface area contributed by atoms with Crippen LogP contribution in [0, 0.1) is 0 Å². The van der Waals surface area contributed by atoms with E-state index in [0.29, 0.717) is 24.0 Å². The molecular weight excluding hydrogens is 212 g/mol. The molecule has 0 spiro atoms. The predicted molar refractivity (Wildman–Crippen MR) is 67.8 cm³/mol. The summed E-state index contributed by atoms with van der Waals surface area (Å²) in [5, 5.41) is 3.80. The van der Waals surface area contributed by atoms with Gasteiger partial charge < -0.3 is 10.2 Å². The molecule has 1 saturated carbocycles. The van der Waals surface area contributed by atoms with Crippen molar-refractivity contribution < 1.29 is 4.79 Å². The highest BCUT2D eigenvalue weighted by atomic mass is 16.2. The summed E-state index contributed by atoms with van der Waals surface area (Å²) in [6.07, 6.45) is 11.3. The molecule has 3 rings (SSSR count). The highest BCUT2D eigenvalue weighted by Crippen LogP contribution is 2.30. The molecule has 2 saturated heterocycles. The SMILES string of the molecule is O=C1CC(NC2CCCCCC2)C2CCCN12. The number of carbonyl (C=O) groups excluding carboxylic acids is 1. The van der Waals surface area contributed by atoms with Gasteiger partial charge in [0.15, 0.2) is 0 Å². The van der Waals surface area contributed by atoms with Crippen molar-refractivity contribution in [3.63, 3.8) is 0 Å². The van der Waals surface area contributed by atoms with Gasteiger partial charge in [-0.1, -0.05) is 25.7 Å². The second-order valence-corrected chi connectivity index (χ2v) is 5.96. The number of hydrogen-bond acceptors (Lipinski definition) is 2. The third kappa shape index (κ3) is 2.35. The molecule has 0 radical (unpaired) electrons. The van der Waals surface area contributed by atoms with E-state index < -0.39 is 0 Å². The maximum Gasteiger partial charge on any atom is 0.224 e. The zero-order valence-electron chi connectivity index (χ0n) is 10.7. The van der Waals surface area contributed by atoms with E-state index in [0.717, 1.165) is 13.0 Å². The van der Waals surface area contributed by atoms with E-state index in [1.54, 1.807) is 0 Å². The monoisotopic (exact) mass is 236 g/mol. The Balaban J connectivity index is 1.59. The Bertz CT molecular complexity index is 284. The van der Waals surface area contributed by atoms with Crippen molar-refractivity contribution in [2.45, 2.75) is 75.9 Å². The van der Waals surface area contributed by atoms with E-state index in [2.05, 4.69) is 10.2 Å². The van der Waals surface area contributed by atoms with E-state index in [9.17, 15) is 4.79 Å². The number of hydrogen-bond donors (Lipinski definition) is 1. The summed E-state index contributed by atoms with van der Waals surface area (Å²) < 4.78 is 0. The first kappa shape index (κ1) is 11.5. The predicted octanol–water partition coefficient (Wildman–Crippen LogP) is 2.06. The van der Waals surface area contributed by atoms with Crippen molar-refractivity contribution in [3.8, 4) is 0 Å². The zero-order valence-corrected chi connectivity index (χ0v) is 10.7. The van der Waals surface area contributed by atoms with Crippen LogP contribution in [0.3, 0.4) is 0 Å². The number of rotatable bonds is 2. The van der Waals surface area contributed by atoms with E-state index in [-0.39, 0.29) is 0 Å². The van der Waals surface area contributed by atoms with Crippen LogP contribution in [0.15, 0.2) is 0 Å². The maximum atomic E-state index is 11.9. The molecule has 2 atom stereocenters. The molecule has 2 unspecified atom stereocenters. The Morgan fingerprint density at radius 1 is 1.00 bits per heavy atom. The van der Waals surface area contributed by atoms with Gasteiger partial charge in [0.25, 0.3) is 0 Å². The summed E-state index contributed by atoms with van der Waals surface area (Å²) in [6.45, 7) is 1.01. The Morgan fingerprint density at radius 3 is 2.53 bits per heavy atom. The fourth-order valence-corrected chi connectivity index (χ4v) is 3.88. The normalized spacial score (nSPS) is 35.1. The van der Waals surface area contributed by atoms with Crippen LogP contribution in [0.4, 0.5) is 0 Å². The molecule has 0 aromatic rings. The Hall–Kier alpha value is -0.570. The first-order valence-electron chi connectivity index (χ1n) is 7.40. The van der Waals surface area contributed by atoms with Crippen molar-refractivity contribution >= 4 is 5.91 Å². The van der Waals surface area contributed by atoms with Crippen LogP contribution in [0.25, 0.3) is 0 Å². The lowest BCUT2D eigenvalue weighted by atomic mass is 10.0. The Morgan fingerprint density at radius 2 is 1.76 bits per heavy atom. The second kappa shape index (κ2) is 4.97. The van der Waals surface area contributed by atoms with Gasteiger partial charge in [0.05, 0.1) is 0 Å². The van der Waals surface area contributed by atoms with Crippen molar-refractivity contribution in [1.82, 2.24) is 10.2 Å². The average Bonchev–Trinajstić information content (AvgIpc) is 2.80. The van der Waals surface area contributed by atoms with Crippen LogP contribution in [0.5, 0.6) is 0 Å². The molecule has 0 aromatic heterocycles. The number of carbonyl (C=O) groups is 1. The van der Waals surface area contributed by atoms with E-state index in [1.165, 1.54) is 51.4 Å². The molecule has 3 aliphatic rings. The smallest absolute Gasteiger partial charge is 0.224 e. The lowest BCUT2D eigenvalue weighted by molar-refractivity contribution is -0.127. The molecule has 0 aromatic carbocycles. The Kier molecular flexibility index (Phi) is 3.37. The van der Waals surface area contributed by atoms with Crippen molar-refractivity contribution in [2.24, 2.45) is 0 Å². The van der Waals surface area contributed by atoms with Gasteiger partial charge in [-0.05, 0) is 25.7 Å². The maximum absolute atomic E-state index is 11.9. The number of nitrogens with one attached hydrogen (secondary N) is 1. The minimum Gasteiger partial charge on any atom is -0.338 e. The summed E-state index contributed by atoms with van der Waals surface area (Å²) in [6, 6.07) is 1.65. The van der Waals surface area contributed by atoms with Gasteiger partial charge in [-0.25, -0.2) is 0 Å². The van der Waals surface area contributed by atoms with Gasteiger partial charge in [-0.15, -0.1) is 0 Å². The van der Waals surface area contributed by atoms with Crippen molar-refractivity contribution in [2.75, 3.05) is 6.54 Å². The first-order valence-corrected chi connectivity index (χ1v) is 7.40. The molecular formula is C14H24N2O. The lowest BCUT2D eigenvalue weighted by Gasteiger charge is -2.26. The van der Waals surface area contributed by atoms with Gasteiger partial charge in [-0.3, -0.25) is 4.79 Å². The van der Waals surface area contributed by atoms with Crippen molar-refractivity contribution in [1.29, 1.82) is 0 Å². The summed E-state index contributed by atoms with van der Waals surface area (Å²) >= 11 is 0. The minimum absolute atomic E-state index is 0.388. The van der Waals surface area contributed by atoms with Crippen LogP contribution in [-0.2, 0) is 4.79 Å². The minimum atomic E-state index is 0.388. The quantitative estimate of drug-likeness (QED) is 0.744. The number of nitrogens with zero attached hydrogens (tertiary/aromatic N) is 1. The molecule has 17 heavy (non-hydrogen) atoms. The van der Waals surface area contributed by atoms with Crippen LogP contribution in [-0.4, -0.2) is 35.5 Å². The third-order valence-electron chi connectivity index (χ3n) is 4.78. The fourth-order valence-electron chi connectivity index (χ4n) is 3.88. The lowest BCUT2D eigenvalue weighted by Crippen LogP contribution is -2.44. The highest BCUT2D eigenvalue weighted by Gasteiger charge is 2.42. The summed E-state index contributed by atoms with van der Waals surface area (Å²) in [5.41, 5.74) is 0. The topological polar surface area (TPSA) is 32.3 Å². The van der Waals surface area contributed by atoms with E-state index in [1.807, 2.05) is 0 Å². The molecule has 1 amide bonds. The van der Waals surface area contributed by atoms with Gasteiger partial charge in [0.2, 0.25) is 5.91 Å². The third-order valence-corrected chi connectivity index (χ3v) is 4.78. The second-order valence-electron chi connectivity index (χ2n) is 5.96. The summed E-state index contributed by atoms with van der Waals surface area (Å²) in [7, 11) is 0. The summed E-state index contributed by atoms with van der Waals surface area (Å²) in [5.74, 6) is 0.388. The Labute approximate surface area is 104 Å². The van der Waals surface area contributed by atoms with Crippen LogP contribution in [0.1, 0.15) is 57.8 Å². The highest BCUT2D eigenvalue weighted by molar-refractivity contribution is 5.80. The molecule has 3 heteroatoms.